The lowest BCUT2D eigenvalue weighted by Crippen LogP contribution is -2.29. The second-order valence-electron chi connectivity index (χ2n) is 4.90. The second kappa shape index (κ2) is 13.3. The molecule has 3 unspecified atom stereocenters. The second-order valence-corrected chi connectivity index (χ2v) is 7.26. The maximum atomic E-state index is 9.79. The number of nitrogens with zero attached hydrogens (tertiary/aromatic N) is 1. The first-order valence-electron chi connectivity index (χ1n) is 7.48. The van der Waals surface area contributed by atoms with Crippen molar-refractivity contribution in [2.24, 2.45) is 0 Å². The van der Waals surface area contributed by atoms with E-state index in [0.29, 0.717) is 5.56 Å². The van der Waals surface area contributed by atoms with Crippen molar-refractivity contribution >= 4 is 31.9 Å². The van der Waals surface area contributed by atoms with Crippen molar-refractivity contribution in [2.45, 2.75) is 61.7 Å². The monoisotopic (exact) mass is 417 g/mol. The molecular formula is C17H25Br2NO. The Labute approximate surface area is 145 Å². The molecule has 1 N–H and O–H groups in total. The molecule has 0 saturated carbocycles. The van der Waals surface area contributed by atoms with E-state index in [1.54, 1.807) is 12.1 Å². The zero-order chi connectivity index (χ0) is 16.1. The van der Waals surface area contributed by atoms with Gasteiger partial charge in [0.1, 0.15) is 0 Å². The number of aliphatic hydroxyl groups excluding tert-OH is 1. The molecule has 4 heteroatoms. The number of hydrogen-bond acceptors (Lipinski definition) is 2. The molecule has 1 rings (SSSR count). The quantitative estimate of drug-likeness (QED) is 0.474. The highest BCUT2D eigenvalue weighted by Crippen LogP contribution is 2.22. The van der Waals surface area contributed by atoms with Crippen molar-refractivity contribution in [3.63, 3.8) is 0 Å². The lowest BCUT2D eigenvalue weighted by Gasteiger charge is -2.21. The van der Waals surface area contributed by atoms with Crippen molar-refractivity contribution in [3.05, 3.63) is 35.9 Å². The van der Waals surface area contributed by atoms with E-state index in [-0.39, 0.29) is 15.8 Å². The smallest absolute Gasteiger partial charge is 0.0991 e. The van der Waals surface area contributed by atoms with Crippen molar-refractivity contribution in [2.75, 3.05) is 0 Å². The Morgan fingerprint density at radius 2 is 1.71 bits per heavy atom. The normalized spacial score (nSPS) is 14.3. The van der Waals surface area contributed by atoms with Gasteiger partial charge in [0, 0.05) is 9.65 Å². The Morgan fingerprint density at radius 3 is 2.14 bits per heavy atom. The molecule has 0 aliphatic rings. The fourth-order valence-electron chi connectivity index (χ4n) is 1.74. The summed E-state index contributed by atoms with van der Waals surface area (Å²) in [5, 5.41) is 18.1. The number of rotatable bonds is 7. The van der Waals surface area contributed by atoms with Gasteiger partial charge in [-0.3, -0.25) is 0 Å². The van der Waals surface area contributed by atoms with Gasteiger partial charge in [0.25, 0.3) is 0 Å². The van der Waals surface area contributed by atoms with Crippen LogP contribution in [0.25, 0.3) is 0 Å². The lowest BCUT2D eigenvalue weighted by atomic mass is 10.1. The van der Waals surface area contributed by atoms with E-state index in [0.717, 1.165) is 12.8 Å². The van der Waals surface area contributed by atoms with Gasteiger partial charge >= 0.3 is 0 Å². The molecule has 0 radical (unpaired) electrons. The summed E-state index contributed by atoms with van der Waals surface area (Å²) in [4.78, 5) is 0.460. The van der Waals surface area contributed by atoms with Gasteiger partial charge in [0.05, 0.1) is 17.7 Å². The third-order valence-corrected chi connectivity index (χ3v) is 5.31. The summed E-state index contributed by atoms with van der Waals surface area (Å²) >= 11 is 7.01. The van der Waals surface area contributed by atoms with Crippen LogP contribution in [0.3, 0.4) is 0 Å². The van der Waals surface area contributed by atoms with E-state index in [2.05, 4.69) is 45.7 Å². The van der Waals surface area contributed by atoms with E-state index in [1.807, 2.05) is 24.3 Å². The zero-order valence-corrected chi connectivity index (χ0v) is 16.0. The Morgan fingerprint density at radius 1 is 1.10 bits per heavy atom. The Hall–Kier alpha value is -0.370. The predicted molar refractivity (Wildman–Crippen MR) is 97.0 cm³/mol. The largest absolute Gasteiger partial charge is 0.391 e. The minimum atomic E-state index is -0.262. The zero-order valence-electron chi connectivity index (χ0n) is 12.8. The summed E-state index contributed by atoms with van der Waals surface area (Å²) in [7, 11) is 0. The fraction of sp³-hybridized carbons (Fsp3) is 0.588. The van der Waals surface area contributed by atoms with Gasteiger partial charge in [0.15, 0.2) is 0 Å². The van der Waals surface area contributed by atoms with Crippen LogP contribution in [-0.2, 0) is 0 Å². The molecule has 1 aromatic rings. The van der Waals surface area contributed by atoms with E-state index in [4.69, 9.17) is 5.26 Å². The molecule has 118 valence electrons. The number of alkyl halides is 2. The summed E-state index contributed by atoms with van der Waals surface area (Å²) in [5.74, 6) is 0. The van der Waals surface area contributed by atoms with Crippen LogP contribution in [0.15, 0.2) is 30.3 Å². The lowest BCUT2D eigenvalue weighted by molar-refractivity contribution is 0.166. The molecule has 21 heavy (non-hydrogen) atoms. The third-order valence-electron chi connectivity index (χ3n) is 3.12. The number of aliphatic hydroxyl groups is 1. The van der Waals surface area contributed by atoms with Gasteiger partial charge in [-0.25, -0.2) is 0 Å². The first kappa shape index (κ1) is 20.6. The molecule has 0 saturated heterocycles. The molecule has 3 atom stereocenters. The first-order chi connectivity index (χ1) is 10.1. The highest BCUT2D eigenvalue weighted by Gasteiger charge is 2.21. The maximum absolute atomic E-state index is 9.79. The van der Waals surface area contributed by atoms with Gasteiger partial charge in [-0.2, -0.15) is 5.26 Å². The molecule has 0 fully saturated rings. The van der Waals surface area contributed by atoms with Crippen LogP contribution < -0.4 is 0 Å². The van der Waals surface area contributed by atoms with E-state index < -0.39 is 0 Å². The molecule has 0 aromatic heterocycles. The number of nitriles is 1. The van der Waals surface area contributed by atoms with Crippen LogP contribution in [0.5, 0.6) is 0 Å². The van der Waals surface area contributed by atoms with Crippen molar-refractivity contribution in [3.8, 4) is 6.07 Å². The van der Waals surface area contributed by atoms with Crippen molar-refractivity contribution in [1.29, 1.82) is 5.26 Å². The maximum Gasteiger partial charge on any atom is 0.0991 e. The first-order valence-corrected chi connectivity index (χ1v) is 9.31. The molecular weight excluding hydrogens is 394 g/mol. The molecule has 0 amide bonds. The molecule has 0 aliphatic heterocycles. The summed E-state index contributed by atoms with van der Waals surface area (Å²) in [5.41, 5.74) is 0.715. The van der Waals surface area contributed by atoms with Crippen LogP contribution in [0, 0.1) is 11.3 Å². The summed E-state index contributed by atoms with van der Waals surface area (Å²) in [6, 6.07) is 11.2. The summed E-state index contributed by atoms with van der Waals surface area (Å²) in [6.07, 6.45) is 5.47. The van der Waals surface area contributed by atoms with Gasteiger partial charge < -0.3 is 5.11 Å². The fourth-order valence-corrected chi connectivity index (χ4v) is 3.21. The Kier molecular flexibility index (Phi) is 13.1. The van der Waals surface area contributed by atoms with Crippen LogP contribution in [-0.4, -0.2) is 20.9 Å². The number of unbranched alkanes of at least 4 members (excludes halogenated alkanes) is 2. The minimum Gasteiger partial charge on any atom is -0.391 e. The predicted octanol–water partition coefficient (Wildman–Crippen LogP) is 5.42. The highest BCUT2D eigenvalue weighted by molar-refractivity contribution is 9.10. The minimum absolute atomic E-state index is 0.221. The molecule has 1 aromatic carbocycles. The van der Waals surface area contributed by atoms with Crippen LogP contribution in [0.4, 0.5) is 0 Å². The summed E-state index contributed by atoms with van der Waals surface area (Å²) in [6.45, 7) is 4.27. The van der Waals surface area contributed by atoms with Gasteiger partial charge in [-0.05, 0) is 25.0 Å². The average molecular weight is 419 g/mol. The number of hydrogen-bond donors (Lipinski definition) is 1. The molecule has 0 heterocycles. The van der Waals surface area contributed by atoms with Crippen LogP contribution in [0.2, 0.25) is 0 Å². The van der Waals surface area contributed by atoms with E-state index in [1.165, 1.54) is 19.3 Å². The Bertz CT molecular complexity index is 392. The van der Waals surface area contributed by atoms with Crippen LogP contribution in [0.1, 0.15) is 51.5 Å². The van der Waals surface area contributed by atoms with E-state index in [9.17, 15) is 5.11 Å². The van der Waals surface area contributed by atoms with Gasteiger partial charge in [-0.1, -0.05) is 83.2 Å². The molecule has 0 bridgehead atoms. The van der Waals surface area contributed by atoms with E-state index >= 15 is 0 Å². The molecule has 2 nitrogen and oxygen atoms in total. The van der Waals surface area contributed by atoms with Gasteiger partial charge in [0.2, 0.25) is 0 Å². The number of halogens is 2. The van der Waals surface area contributed by atoms with Crippen molar-refractivity contribution in [1.82, 2.24) is 0 Å². The standard InChI is InChI=1S/C10H20Br2O.C7H5N/c1-3-5-6-7-9(12)10(13)8(11)4-2;8-6-7-4-2-1-3-5-7/h8-10,13H,3-7H2,1-2H3;1-5H. The SMILES string of the molecule is CCCCCC(Br)C(O)C(Br)CC.N#Cc1ccccc1. The number of benzene rings is 1. The average Bonchev–Trinajstić information content (AvgIpc) is 2.54. The topological polar surface area (TPSA) is 44.0 Å². The van der Waals surface area contributed by atoms with Gasteiger partial charge in [-0.15, -0.1) is 0 Å². The molecule has 0 aliphatic carbocycles. The third kappa shape index (κ3) is 10.1. The van der Waals surface area contributed by atoms with Crippen molar-refractivity contribution < 1.29 is 5.11 Å². The highest BCUT2D eigenvalue weighted by atomic mass is 79.9. The summed E-state index contributed by atoms with van der Waals surface area (Å²) < 4.78 is 0. The molecule has 0 spiro atoms. The van der Waals surface area contributed by atoms with Crippen LogP contribution >= 0.6 is 31.9 Å². The Balaban J connectivity index is 0.000000423.